The van der Waals surface area contributed by atoms with Crippen molar-refractivity contribution in [2.45, 2.75) is 44.0 Å². The molecule has 0 aromatic heterocycles. The lowest BCUT2D eigenvalue weighted by atomic mass is 10.1. The first kappa shape index (κ1) is 15.1. The van der Waals surface area contributed by atoms with Crippen molar-refractivity contribution < 1.29 is 13.2 Å². The Morgan fingerprint density at radius 1 is 1.35 bits per heavy atom. The topological polar surface area (TPSA) is 81.4 Å². The second kappa shape index (κ2) is 5.61. The predicted octanol–water partition coefficient (Wildman–Crippen LogP) is 2.05. The molecule has 0 spiro atoms. The molecule has 1 aliphatic rings. The van der Waals surface area contributed by atoms with Crippen LogP contribution in [0.4, 0.5) is 5.69 Å². The highest BCUT2D eigenvalue weighted by Crippen LogP contribution is 2.31. The number of benzene rings is 1. The number of aryl methyl sites for hydroxylation is 1. The Morgan fingerprint density at radius 2 is 2.05 bits per heavy atom. The second-order valence-corrected chi connectivity index (χ2v) is 7.18. The molecule has 0 amide bonds. The molecule has 1 saturated carbocycles. The van der Waals surface area contributed by atoms with Crippen LogP contribution in [-0.4, -0.2) is 21.6 Å². The molecule has 0 heterocycles. The zero-order valence-corrected chi connectivity index (χ0v) is 13.0. The van der Waals surface area contributed by atoms with E-state index in [2.05, 4.69) is 11.6 Å². The number of methoxy groups -OCH3 is 1. The first-order valence-electron chi connectivity index (χ1n) is 6.81. The Kier molecular flexibility index (Phi) is 4.25. The van der Waals surface area contributed by atoms with Gasteiger partial charge in [-0.2, -0.15) is 0 Å². The molecular formula is C14H22N2O3S. The Hall–Kier alpha value is -1.27. The summed E-state index contributed by atoms with van der Waals surface area (Å²) in [6.45, 7) is 3.89. The van der Waals surface area contributed by atoms with E-state index in [1.54, 1.807) is 6.07 Å². The van der Waals surface area contributed by atoms with Crippen LogP contribution < -0.4 is 15.2 Å². The normalized spacial score (nSPS) is 22.9. The second-order valence-electron chi connectivity index (χ2n) is 5.50. The molecule has 1 aromatic carbocycles. The first-order chi connectivity index (χ1) is 9.35. The van der Waals surface area contributed by atoms with Crippen LogP contribution >= 0.6 is 0 Å². The number of nitrogens with two attached hydrogens (primary N) is 1. The number of nitrogens with one attached hydrogen (secondary N) is 1. The van der Waals surface area contributed by atoms with Gasteiger partial charge in [0.2, 0.25) is 10.0 Å². The van der Waals surface area contributed by atoms with E-state index in [4.69, 9.17) is 10.5 Å². The van der Waals surface area contributed by atoms with Crippen molar-refractivity contribution in [3.8, 4) is 5.75 Å². The van der Waals surface area contributed by atoms with Gasteiger partial charge in [-0.3, -0.25) is 0 Å². The summed E-state index contributed by atoms with van der Waals surface area (Å²) in [7, 11) is -2.15. The molecule has 6 heteroatoms. The van der Waals surface area contributed by atoms with Crippen molar-refractivity contribution >= 4 is 15.7 Å². The molecule has 5 nitrogen and oxygen atoms in total. The van der Waals surface area contributed by atoms with Crippen molar-refractivity contribution in [1.29, 1.82) is 0 Å². The molecule has 2 rings (SSSR count). The summed E-state index contributed by atoms with van der Waals surface area (Å²) >= 11 is 0. The number of sulfonamides is 1. The van der Waals surface area contributed by atoms with Crippen LogP contribution in [0.5, 0.6) is 5.75 Å². The third kappa shape index (κ3) is 2.91. The molecular weight excluding hydrogens is 276 g/mol. The van der Waals surface area contributed by atoms with Gasteiger partial charge in [-0.05, 0) is 43.4 Å². The molecule has 2 unspecified atom stereocenters. The third-order valence-electron chi connectivity index (χ3n) is 4.01. The smallest absolute Gasteiger partial charge is 0.244 e. The highest BCUT2D eigenvalue weighted by molar-refractivity contribution is 7.89. The van der Waals surface area contributed by atoms with Gasteiger partial charge in [0.25, 0.3) is 0 Å². The van der Waals surface area contributed by atoms with Crippen LogP contribution in [0.2, 0.25) is 0 Å². The molecule has 0 radical (unpaired) electrons. The van der Waals surface area contributed by atoms with Gasteiger partial charge in [-0.1, -0.05) is 13.3 Å². The van der Waals surface area contributed by atoms with Gasteiger partial charge in [0.05, 0.1) is 7.11 Å². The quantitative estimate of drug-likeness (QED) is 0.834. The lowest BCUT2D eigenvalue weighted by Gasteiger charge is -2.19. The molecule has 2 atom stereocenters. The van der Waals surface area contributed by atoms with Crippen molar-refractivity contribution in [2.75, 3.05) is 12.8 Å². The summed E-state index contributed by atoms with van der Waals surface area (Å²) in [5, 5.41) is 0. The Morgan fingerprint density at radius 3 is 2.60 bits per heavy atom. The van der Waals surface area contributed by atoms with Crippen LogP contribution in [0.1, 0.15) is 31.7 Å². The number of hydrogen-bond acceptors (Lipinski definition) is 4. The average Bonchev–Trinajstić information content (AvgIpc) is 2.77. The van der Waals surface area contributed by atoms with Crippen LogP contribution in [0.15, 0.2) is 17.0 Å². The summed E-state index contributed by atoms with van der Waals surface area (Å²) in [6.07, 6.45) is 2.99. The van der Waals surface area contributed by atoms with Gasteiger partial charge in [0, 0.05) is 11.7 Å². The maximum atomic E-state index is 12.5. The molecule has 0 saturated heterocycles. The standard InChI is InChI=1S/C14H22N2O3S/c1-9-5-4-6-12(9)16-20(17,18)14-8-11(15)10(2)7-13(14)19-3/h7-9,12,16H,4-6,15H2,1-3H3. The van der Waals surface area contributed by atoms with E-state index in [1.807, 2.05) is 6.92 Å². The number of hydrogen-bond donors (Lipinski definition) is 2. The SMILES string of the molecule is COc1cc(C)c(N)cc1S(=O)(=O)NC1CCCC1C. The molecule has 1 aromatic rings. The van der Waals surface area contributed by atoms with E-state index in [0.29, 0.717) is 17.4 Å². The molecule has 0 aliphatic heterocycles. The molecule has 1 fully saturated rings. The zero-order valence-electron chi connectivity index (χ0n) is 12.1. The van der Waals surface area contributed by atoms with Gasteiger partial charge >= 0.3 is 0 Å². The minimum atomic E-state index is -3.61. The highest BCUT2D eigenvalue weighted by Gasteiger charge is 2.30. The minimum absolute atomic E-state index is 0.00719. The predicted molar refractivity (Wildman–Crippen MR) is 79.3 cm³/mol. The molecule has 0 bridgehead atoms. The van der Waals surface area contributed by atoms with E-state index < -0.39 is 10.0 Å². The van der Waals surface area contributed by atoms with Gasteiger partial charge < -0.3 is 10.5 Å². The van der Waals surface area contributed by atoms with Crippen LogP contribution in [0.25, 0.3) is 0 Å². The van der Waals surface area contributed by atoms with Gasteiger partial charge in [0.1, 0.15) is 10.6 Å². The summed E-state index contributed by atoms with van der Waals surface area (Å²) in [4.78, 5) is 0.113. The molecule has 20 heavy (non-hydrogen) atoms. The van der Waals surface area contributed by atoms with E-state index in [9.17, 15) is 8.42 Å². The van der Waals surface area contributed by atoms with Crippen molar-refractivity contribution in [2.24, 2.45) is 5.92 Å². The van der Waals surface area contributed by atoms with Crippen molar-refractivity contribution in [1.82, 2.24) is 4.72 Å². The van der Waals surface area contributed by atoms with Gasteiger partial charge in [0.15, 0.2) is 0 Å². The molecule has 3 N–H and O–H groups in total. The maximum absolute atomic E-state index is 12.5. The number of anilines is 1. The van der Waals surface area contributed by atoms with E-state index in [0.717, 1.165) is 24.8 Å². The lowest BCUT2D eigenvalue weighted by Crippen LogP contribution is -2.36. The summed E-state index contributed by atoms with van der Waals surface area (Å²) in [5.74, 6) is 0.688. The maximum Gasteiger partial charge on any atom is 0.244 e. The monoisotopic (exact) mass is 298 g/mol. The zero-order chi connectivity index (χ0) is 14.9. The minimum Gasteiger partial charge on any atom is -0.495 e. The van der Waals surface area contributed by atoms with Gasteiger partial charge in [-0.15, -0.1) is 0 Å². The number of ether oxygens (including phenoxy) is 1. The average molecular weight is 298 g/mol. The van der Waals surface area contributed by atoms with E-state index in [1.165, 1.54) is 13.2 Å². The van der Waals surface area contributed by atoms with Crippen LogP contribution in [-0.2, 0) is 10.0 Å². The fourth-order valence-electron chi connectivity index (χ4n) is 2.63. The van der Waals surface area contributed by atoms with Gasteiger partial charge in [-0.25, -0.2) is 13.1 Å². The summed E-state index contributed by atoms with van der Waals surface area (Å²) in [6, 6.07) is 3.12. The van der Waals surface area contributed by atoms with E-state index in [-0.39, 0.29) is 10.9 Å². The Bertz CT molecular complexity index is 599. The van der Waals surface area contributed by atoms with Crippen LogP contribution in [0, 0.1) is 12.8 Å². The van der Waals surface area contributed by atoms with Crippen molar-refractivity contribution in [3.63, 3.8) is 0 Å². The highest BCUT2D eigenvalue weighted by atomic mass is 32.2. The Balaban J connectivity index is 2.36. The van der Waals surface area contributed by atoms with E-state index >= 15 is 0 Å². The Labute approximate surface area is 120 Å². The number of rotatable bonds is 4. The van der Waals surface area contributed by atoms with Crippen molar-refractivity contribution in [3.05, 3.63) is 17.7 Å². The largest absolute Gasteiger partial charge is 0.495 e. The lowest BCUT2D eigenvalue weighted by molar-refractivity contribution is 0.401. The molecule has 1 aliphatic carbocycles. The number of nitrogen functional groups attached to an aromatic ring is 1. The molecule has 112 valence electrons. The third-order valence-corrected chi connectivity index (χ3v) is 5.52. The first-order valence-corrected chi connectivity index (χ1v) is 8.30. The summed E-state index contributed by atoms with van der Waals surface area (Å²) < 4.78 is 33.0. The fraction of sp³-hybridized carbons (Fsp3) is 0.571. The summed E-state index contributed by atoms with van der Waals surface area (Å²) in [5.41, 5.74) is 7.08. The van der Waals surface area contributed by atoms with Crippen LogP contribution in [0.3, 0.4) is 0 Å². The fourth-order valence-corrected chi connectivity index (χ4v) is 4.20.